The van der Waals surface area contributed by atoms with Crippen LogP contribution in [0.15, 0.2) is 24.3 Å². The molecule has 3 rings (SSSR count). The van der Waals surface area contributed by atoms with E-state index in [9.17, 15) is 13.2 Å². The van der Waals surface area contributed by atoms with Crippen molar-refractivity contribution in [1.29, 1.82) is 0 Å². The molecule has 1 aromatic carbocycles. The van der Waals surface area contributed by atoms with Gasteiger partial charge in [-0.15, -0.1) is 0 Å². The molecular weight excluding hydrogens is 277 g/mol. The lowest BCUT2D eigenvalue weighted by molar-refractivity contribution is -0.137. The Bertz CT molecular complexity index is 469. The van der Waals surface area contributed by atoms with Gasteiger partial charge in [0.05, 0.1) is 5.56 Å². The molecule has 2 saturated heterocycles. The Morgan fingerprint density at radius 3 is 2.43 bits per heavy atom. The van der Waals surface area contributed by atoms with Crippen molar-refractivity contribution in [1.82, 2.24) is 9.80 Å². The first-order valence-corrected chi connectivity index (χ1v) is 7.65. The summed E-state index contributed by atoms with van der Waals surface area (Å²) in [7, 11) is 0. The Hall–Kier alpha value is -1.07. The molecule has 2 nitrogen and oxygen atoms in total. The number of halogens is 3. The topological polar surface area (TPSA) is 6.48 Å². The van der Waals surface area contributed by atoms with Crippen molar-refractivity contribution in [2.24, 2.45) is 0 Å². The van der Waals surface area contributed by atoms with E-state index in [-0.39, 0.29) is 0 Å². The second-order valence-electron chi connectivity index (χ2n) is 6.12. The summed E-state index contributed by atoms with van der Waals surface area (Å²) in [6.07, 6.45) is -0.565. The molecule has 0 spiro atoms. The van der Waals surface area contributed by atoms with Gasteiger partial charge in [0.2, 0.25) is 0 Å². The van der Waals surface area contributed by atoms with Crippen LogP contribution in [0.5, 0.6) is 0 Å². The van der Waals surface area contributed by atoms with Crippen LogP contribution in [0.2, 0.25) is 0 Å². The van der Waals surface area contributed by atoms with E-state index in [4.69, 9.17) is 0 Å². The normalized spacial score (nSPS) is 24.8. The average Bonchev–Trinajstić information content (AvgIpc) is 2.77. The van der Waals surface area contributed by atoms with Gasteiger partial charge in [0.25, 0.3) is 0 Å². The van der Waals surface area contributed by atoms with Crippen LogP contribution >= 0.6 is 0 Å². The van der Waals surface area contributed by atoms with Crippen molar-refractivity contribution in [3.63, 3.8) is 0 Å². The van der Waals surface area contributed by atoms with Gasteiger partial charge in [-0.2, -0.15) is 13.2 Å². The molecule has 1 aromatic rings. The molecule has 5 heteroatoms. The predicted octanol–water partition coefficient (Wildman–Crippen LogP) is 3.38. The molecule has 0 aromatic heterocycles. The third-order valence-electron chi connectivity index (χ3n) is 4.58. The monoisotopic (exact) mass is 298 g/mol. The fourth-order valence-electron chi connectivity index (χ4n) is 3.48. The minimum atomic E-state index is -4.24. The van der Waals surface area contributed by atoms with Gasteiger partial charge in [-0.25, -0.2) is 0 Å². The molecule has 1 atom stereocenters. The maximum Gasteiger partial charge on any atom is 0.416 e. The Labute approximate surface area is 123 Å². The van der Waals surface area contributed by atoms with E-state index in [0.29, 0.717) is 6.04 Å². The van der Waals surface area contributed by atoms with Gasteiger partial charge in [-0.1, -0.05) is 12.1 Å². The number of fused-ring (bicyclic) bond motifs is 1. The molecule has 2 aliphatic rings. The molecule has 21 heavy (non-hydrogen) atoms. The fraction of sp³-hybridized carbons (Fsp3) is 0.625. The second-order valence-corrected chi connectivity index (χ2v) is 6.12. The molecule has 1 unspecified atom stereocenters. The van der Waals surface area contributed by atoms with Crippen molar-refractivity contribution in [3.8, 4) is 0 Å². The first kappa shape index (κ1) is 14.9. The summed E-state index contributed by atoms with van der Waals surface area (Å²) in [5, 5.41) is 0. The molecule has 0 N–H and O–H groups in total. The Balaban J connectivity index is 1.63. The summed E-state index contributed by atoms with van der Waals surface area (Å²) in [4.78, 5) is 4.95. The van der Waals surface area contributed by atoms with Crippen LogP contribution in [0.4, 0.5) is 13.2 Å². The molecule has 2 heterocycles. The van der Waals surface area contributed by atoms with Crippen LogP contribution in [-0.2, 0) is 12.7 Å². The first-order chi connectivity index (χ1) is 10.0. The molecule has 0 aliphatic carbocycles. The highest BCUT2D eigenvalue weighted by atomic mass is 19.4. The van der Waals surface area contributed by atoms with Gasteiger partial charge < -0.3 is 0 Å². The van der Waals surface area contributed by atoms with Crippen molar-refractivity contribution >= 4 is 0 Å². The minimum absolute atomic E-state index is 0.566. The standard InChI is InChI=1S/C16H21F3N2/c17-16(18,19)14-6-4-13(5-7-14)11-20-8-2-10-21-9-1-3-15(21)12-20/h4-7,15H,1-3,8-12H2. The zero-order chi connectivity index (χ0) is 14.9. The van der Waals surface area contributed by atoms with Crippen molar-refractivity contribution in [3.05, 3.63) is 35.4 Å². The quantitative estimate of drug-likeness (QED) is 0.826. The van der Waals surface area contributed by atoms with Crippen LogP contribution in [0, 0.1) is 0 Å². The number of rotatable bonds is 2. The largest absolute Gasteiger partial charge is 0.416 e. The van der Waals surface area contributed by atoms with Gasteiger partial charge >= 0.3 is 6.18 Å². The maximum atomic E-state index is 12.6. The van der Waals surface area contributed by atoms with Crippen LogP contribution in [0.3, 0.4) is 0 Å². The number of alkyl halides is 3. The van der Waals surface area contributed by atoms with E-state index in [2.05, 4.69) is 9.80 Å². The second kappa shape index (κ2) is 5.97. The first-order valence-electron chi connectivity index (χ1n) is 7.65. The molecule has 0 radical (unpaired) electrons. The van der Waals surface area contributed by atoms with Gasteiger partial charge in [-0.05, 0) is 56.6 Å². The number of nitrogens with zero attached hydrogens (tertiary/aromatic N) is 2. The van der Waals surface area contributed by atoms with Crippen LogP contribution < -0.4 is 0 Å². The van der Waals surface area contributed by atoms with E-state index in [1.807, 2.05) is 0 Å². The summed E-state index contributed by atoms with van der Waals surface area (Å²) >= 11 is 0. The highest BCUT2D eigenvalue weighted by molar-refractivity contribution is 5.24. The van der Waals surface area contributed by atoms with E-state index in [0.717, 1.165) is 38.2 Å². The van der Waals surface area contributed by atoms with Gasteiger partial charge in [0, 0.05) is 19.1 Å². The number of hydrogen-bond donors (Lipinski definition) is 0. The van der Waals surface area contributed by atoms with E-state index in [1.54, 1.807) is 12.1 Å². The molecular formula is C16H21F3N2. The summed E-state index contributed by atoms with van der Waals surface area (Å²) < 4.78 is 37.7. The smallest absolute Gasteiger partial charge is 0.299 e. The third kappa shape index (κ3) is 3.58. The molecule has 0 amide bonds. The van der Waals surface area contributed by atoms with E-state index >= 15 is 0 Å². The van der Waals surface area contributed by atoms with Crippen LogP contribution in [0.1, 0.15) is 30.4 Å². The molecule has 0 saturated carbocycles. The maximum absolute atomic E-state index is 12.6. The summed E-state index contributed by atoms with van der Waals surface area (Å²) in [6.45, 7) is 5.20. The fourth-order valence-corrected chi connectivity index (χ4v) is 3.48. The zero-order valence-electron chi connectivity index (χ0n) is 12.1. The molecule has 2 aliphatic heterocycles. The number of hydrogen-bond acceptors (Lipinski definition) is 2. The van der Waals surface area contributed by atoms with Crippen LogP contribution in [-0.4, -0.2) is 42.0 Å². The molecule has 116 valence electrons. The van der Waals surface area contributed by atoms with Crippen LogP contribution in [0.25, 0.3) is 0 Å². The average molecular weight is 298 g/mol. The van der Waals surface area contributed by atoms with E-state index < -0.39 is 11.7 Å². The highest BCUT2D eigenvalue weighted by Crippen LogP contribution is 2.29. The number of benzene rings is 1. The zero-order valence-corrected chi connectivity index (χ0v) is 12.1. The highest BCUT2D eigenvalue weighted by Gasteiger charge is 2.30. The summed E-state index contributed by atoms with van der Waals surface area (Å²) in [5.74, 6) is 0. The lowest BCUT2D eigenvalue weighted by atomic mass is 10.1. The third-order valence-corrected chi connectivity index (χ3v) is 4.58. The van der Waals surface area contributed by atoms with Crippen molar-refractivity contribution < 1.29 is 13.2 Å². The Kier molecular flexibility index (Phi) is 4.22. The van der Waals surface area contributed by atoms with Crippen molar-refractivity contribution in [2.45, 2.75) is 38.0 Å². The van der Waals surface area contributed by atoms with Gasteiger partial charge in [-0.3, -0.25) is 9.80 Å². The lowest BCUT2D eigenvalue weighted by Crippen LogP contribution is -2.36. The lowest BCUT2D eigenvalue weighted by Gasteiger charge is -2.25. The van der Waals surface area contributed by atoms with Gasteiger partial charge in [0.1, 0.15) is 0 Å². The molecule has 0 bridgehead atoms. The van der Waals surface area contributed by atoms with Gasteiger partial charge in [0.15, 0.2) is 0 Å². The Morgan fingerprint density at radius 2 is 1.71 bits per heavy atom. The molecule has 2 fully saturated rings. The SMILES string of the molecule is FC(F)(F)c1ccc(CN2CCCN3CCCC3C2)cc1. The predicted molar refractivity (Wildman–Crippen MR) is 75.9 cm³/mol. The summed E-state index contributed by atoms with van der Waals surface area (Å²) in [6, 6.07) is 6.24. The van der Waals surface area contributed by atoms with E-state index in [1.165, 1.54) is 31.5 Å². The summed E-state index contributed by atoms with van der Waals surface area (Å²) in [5.41, 5.74) is 0.401. The van der Waals surface area contributed by atoms with Crippen molar-refractivity contribution in [2.75, 3.05) is 26.2 Å². The Morgan fingerprint density at radius 1 is 1.00 bits per heavy atom. The minimum Gasteiger partial charge on any atom is -0.299 e.